The zero-order chi connectivity index (χ0) is 26.4. The molecule has 2 aromatic carbocycles. The van der Waals surface area contributed by atoms with Crippen LogP contribution in [0.1, 0.15) is 42.9 Å². The van der Waals surface area contributed by atoms with Crippen molar-refractivity contribution in [1.29, 1.82) is 0 Å². The molecule has 0 unspecified atom stereocenters. The van der Waals surface area contributed by atoms with Crippen LogP contribution >= 0.6 is 23.2 Å². The fourth-order valence-corrected chi connectivity index (χ4v) is 5.52. The van der Waals surface area contributed by atoms with E-state index in [0.29, 0.717) is 35.3 Å². The van der Waals surface area contributed by atoms with E-state index in [-0.39, 0.29) is 18.3 Å². The van der Waals surface area contributed by atoms with E-state index in [4.69, 9.17) is 27.9 Å². The number of aliphatic hydroxyl groups is 1. The van der Waals surface area contributed by atoms with Gasteiger partial charge in [0.1, 0.15) is 5.75 Å². The summed E-state index contributed by atoms with van der Waals surface area (Å²) in [5.74, 6) is 6.37. The lowest BCUT2D eigenvalue weighted by atomic mass is 9.79. The van der Waals surface area contributed by atoms with E-state index in [1.807, 2.05) is 24.3 Å². The molecule has 1 aromatic heterocycles. The lowest BCUT2D eigenvalue weighted by molar-refractivity contribution is -0.139. The largest absolute Gasteiger partial charge is 0.497 e. The summed E-state index contributed by atoms with van der Waals surface area (Å²) in [4.78, 5) is 18.2. The van der Waals surface area contributed by atoms with Gasteiger partial charge in [0, 0.05) is 35.1 Å². The quantitative estimate of drug-likeness (QED) is 0.350. The van der Waals surface area contributed by atoms with Crippen molar-refractivity contribution < 1.29 is 19.7 Å². The maximum Gasteiger partial charge on any atom is 0.303 e. The Labute approximate surface area is 227 Å². The number of rotatable bonds is 8. The van der Waals surface area contributed by atoms with E-state index in [9.17, 15) is 15.0 Å². The second-order valence-corrected chi connectivity index (χ2v) is 10.3. The lowest BCUT2D eigenvalue weighted by Gasteiger charge is -2.37. The summed E-state index contributed by atoms with van der Waals surface area (Å²) < 4.78 is 5.35. The van der Waals surface area contributed by atoms with Crippen LogP contribution in [0.15, 0.2) is 48.7 Å². The van der Waals surface area contributed by atoms with Gasteiger partial charge in [-0.1, -0.05) is 35.0 Å². The Hall–Kier alpha value is -2.82. The lowest BCUT2D eigenvalue weighted by Crippen LogP contribution is -2.41. The Bertz CT molecular complexity index is 1320. The van der Waals surface area contributed by atoms with E-state index in [2.05, 4.69) is 21.7 Å². The molecule has 0 radical (unpaired) electrons. The summed E-state index contributed by atoms with van der Waals surface area (Å²) in [7, 11) is 1.61. The van der Waals surface area contributed by atoms with Crippen molar-refractivity contribution in [2.24, 2.45) is 11.8 Å². The van der Waals surface area contributed by atoms with Gasteiger partial charge in [-0.05, 0) is 85.7 Å². The number of benzene rings is 2. The number of aliphatic hydroxyl groups excluding tert-OH is 1. The molecule has 3 atom stereocenters. The number of hydrogen-bond acceptors (Lipinski definition) is 5. The highest BCUT2D eigenvalue weighted by Crippen LogP contribution is 2.34. The van der Waals surface area contributed by atoms with Gasteiger partial charge in [-0.15, -0.1) is 0 Å². The zero-order valence-electron chi connectivity index (χ0n) is 20.7. The van der Waals surface area contributed by atoms with Crippen LogP contribution < -0.4 is 4.74 Å². The third-order valence-corrected chi connectivity index (χ3v) is 7.57. The van der Waals surface area contributed by atoms with Crippen molar-refractivity contribution in [2.45, 2.75) is 31.8 Å². The van der Waals surface area contributed by atoms with Gasteiger partial charge in [-0.3, -0.25) is 14.7 Å². The van der Waals surface area contributed by atoms with Crippen molar-refractivity contribution in [2.75, 3.05) is 26.7 Å². The SMILES string of the molecule is COc1ccc2nccc([C@@H](O)CC[C@@H]3CCN(CC#Cc4ccc(Cl)cc4Cl)C[C@@H]3CC(=O)O)c2c1. The molecule has 0 aliphatic carbocycles. The van der Waals surface area contributed by atoms with Gasteiger partial charge in [0.2, 0.25) is 0 Å². The van der Waals surface area contributed by atoms with Crippen molar-refractivity contribution in [1.82, 2.24) is 9.88 Å². The fraction of sp³-hybridized carbons (Fsp3) is 0.379. The Morgan fingerprint density at radius 1 is 1.22 bits per heavy atom. The minimum Gasteiger partial charge on any atom is -0.497 e. The third-order valence-electron chi connectivity index (χ3n) is 7.02. The van der Waals surface area contributed by atoms with Crippen LogP contribution in [0.25, 0.3) is 10.9 Å². The van der Waals surface area contributed by atoms with Crippen LogP contribution in [0.5, 0.6) is 5.75 Å². The fourth-order valence-electron chi connectivity index (χ4n) is 5.06. The Morgan fingerprint density at radius 2 is 2.05 bits per heavy atom. The van der Waals surface area contributed by atoms with Gasteiger partial charge >= 0.3 is 5.97 Å². The van der Waals surface area contributed by atoms with E-state index >= 15 is 0 Å². The normalized spacial score (nSPS) is 18.7. The Morgan fingerprint density at radius 3 is 2.81 bits per heavy atom. The summed E-state index contributed by atoms with van der Waals surface area (Å²) in [6.45, 7) is 2.02. The van der Waals surface area contributed by atoms with Crippen molar-refractivity contribution >= 4 is 40.1 Å². The van der Waals surface area contributed by atoms with Crippen molar-refractivity contribution in [3.05, 3.63) is 69.8 Å². The molecule has 0 amide bonds. The number of piperidine rings is 1. The number of carboxylic acid groups (broad SMARTS) is 1. The molecule has 37 heavy (non-hydrogen) atoms. The summed E-state index contributed by atoms with van der Waals surface area (Å²) in [6.07, 6.45) is 3.29. The average Bonchev–Trinajstić information content (AvgIpc) is 2.88. The van der Waals surface area contributed by atoms with Crippen LogP contribution in [0.3, 0.4) is 0 Å². The number of ether oxygens (including phenoxy) is 1. The maximum atomic E-state index is 11.6. The van der Waals surface area contributed by atoms with Gasteiger partial charge in [-0.25, -0.2) is 0 Å². The Kier molecular flexibility index (Phi) is 9.28. The van der Waals surface area contributed by atoms with Gasteiger partial charge in [0.15, 0.2) is 0 Å². The number of aliphatic carboxylic acids is 1. The molecule has 3 aromatic rings. The number of carboxylic acids is 1. The second kappa shape index (κ2) is 12.6. The first-order valence-corrected chi connectivity index (χ1v) is 13.1. The maximum absolute atomic E-state index is 11.6. The van der Waals surface area contributed by atoms with E-state index < -0.39 is 12.1 Å². The molecule has 8 heteroatoms. The molecule has 0 saturated carbocycles. The first-order valence-electron chi connectivity index (χ1n) is 12.3. The van der Waals surface area contributed by atoms with Gasteiger partial charge in [-0.2, -0.15) is 0 Å². The first kappa shape index (κ1) is 27.2. The molecule has 2 N–H and O–H groups in total. The minimum atomic E-state index is -0.802. The third kappa shape index (κ3) is 7.15. The van der Waals surface area contributed by atoms with E-state index in [1.54, 1.807) is 31.5 Å². The van der Waals surface area contributed by atoms with Crippen LogP contribution in [-0.4, -0.2) is 52.8 Å². The molecule has 0 spiro atoms. The number of likely N-dealkylation sites (tertiary alicyclic amines) is 1. The van der Waals surface area contributed by atoms with E-state index in [1.165, 1.54) is 0 Å². The second-order valence-electron chi connectivity index (χ2n) is 9.44. The molecule has 194 valence electrons. The van der Waals surface area contributed by atoms with Crippen LogP contribution in [0.4, 0.5) is 0 Å². The summed E-state index contributed by atoms with van der Waals surface area (Å²) in [5, 5.41) is 22.5. The molecule has 2 heterocycles. The number of fused-ring (bicyclic) bond motifs is 1. The molecule has 1 aliphatic rings. The van der Waals surface area contributed by atoms with Gasteiger partial charge in [0.05, 0.1) is 30.3 Å². The number of aromatic nitrogens is 1. The number of nitrogens with zero attached hydrogens (tertiary/aromatic N) is 2. The molecular weight excluding hydrogens is 511 g/mol. The van der Waals surface area contributed by atoms with Crippen molar-refractivity contribution in [3.63, 3.8) is 0 Å². The average molecular weight is 541 g/mol. The minimum absolute atomic E-state index is 0.00588. The summed E-state index contributed by atoms with van der Waals surface area (Å²) in [6, 6.07) is 12.7. The number of carbonyl (C=O) groups is 1. The van der Waals surface area contributed by atoms with Gasteiger partial charge < -0.3 is 14.9 Å². The molecular formula is C29H30Cl2N2O4. The molecule has 1 saturated heterocycles. The number of pyridine rings is 1. The molecule has 0 bridgehead atoms. The van der Waals surface area contributed by atoms with Gasteiger partial charge in [0.25, 0.3) is 0 Å². The summed E-state index contributed by atoms with van der Waals surface area (Å²) in [5.41, 5.74) is 2.33. The highest BCUT2D eigenvalue weighted by molar-refractivity contribution is 6.35. The smallest absolute Gasteiger partial charge is 0.303 e. The predicted molar refractivity (Wildman–Crippen MR) is 146 cm³/mol. The monoisotopic (exact) mass is 540 g/mol. The highest BCUT2D eigenvalue weighted by atomic mass is 35.5. The molecule has 1 aliphatic heterocycles. The number of methoxy groups -OCH3 is 1. The van der Waals surface area contributed by atoms with Crippen molar-refractivity contribution in [3.8, 4) is 17.6 Å². The topological polar surface area (TPSA) is 82.9 Å². The molecule has 6 nitrogen and oxygen atoms in total. The van der Waals surface area contributed by atoms with Crippen LogP contribution in [-0.2, 0) is 4.79 Å². The standard InChI is InChI=1S/C29H30Cl2N2O4/c1-37-23-7-8-27-25(17-23)24(10-12-32-27)28(34)9-5-19-11-14-33(18-21(19)15-29(35)36)13-2-3-20-4-6-22(30)16-26(20)31/h4,6-8,10,12,16-17,19,21,28,34H,5,9,11,13-15,18H2,1H3,(H,35,36)/t19-,21+,28+/m1/s1. The van der Waals surface area contributed by atoms with E-state index in [0.717, 1.165) is 41.4 Å². The number of hydrogen-bond donors (Lipinski definition) is 2. The molecule has 4 rings (SSSR count). The van der Waals surface area contributed by atoms with Crippen LogP contribution in [0.2, 0.25) is 10.0 Å². The predicted octanol–water partition coefficient (Wildman–Crippen LogP) is 5.83. The number of halogens is 2. The molecule has 1 fully saturated rings. The summed E-state index contributed by atoms with van der Waals surface area (Å²) >= 11 is 12.2. The van der Waals surface area contributed by atoms with Crippen LogP contribution in [0, 0.1) is 23.7 Å². The first-order chi connectivity index (χ1) is 17.8. The Balaban J connectivity index is 1.39. The zero-order valence-corrected chi connectivity index (χ0v) is 22.2. The highest BCUT2D eigenvalue weighted by Gasteiger charge is 2.31.